The van der Waals surface area contributed by atoms with Crippen LogP contribution in [-0.2, 0) is 18.3 Å². The number of hydrogen-bond donors (Lipinski definition) is 0. The molecule has 1 aliphatic heterocycles. The molecule has 1 saturated heterocycles. The third kappa shape index (κ3) is 1.65. The van der Waals surface area contributed by atoms with E-state index < -0.39 is 14.0 Å². The molecule has 0 saturated carbocycles. The Labute approximate surface area is 99.5 Å². The van der Waals surface area contributed by atoms with Gasteiger partial charge in [-0.25, -0.2) is 0 Å². The molecule has 0 aliphatic carbocycles. The fourth-order valence-corrected chi connectivity index (χ4v) is 6.97. The molecule has 0 bridgehead atoms. The summed E-state index contributed by atoms with van der Waals surface area (Å²) >= 11 is 0. The van der Waals surface area contributed by atoms with Crippen molar-refractivity contribution in [2.45, 2.75) is 38.1 Å². The van der Waals surface area contributed by atoms with Gasteiger partial charge < -0.3 is 18.3 Å². The molecule has 1 fully saturated rings. The third-order valence-corrected chi connectivity index (χ3v) is 8.35. The number of ether oxygens (including phenoxy) is 2. The Hall–Kier alpha value is 0.0569. The Morgan fingerprint density at radius 3 is 1.75 bits per heavy atom. The summed E-state index contributed by atoms with van der Waals surface area (Å²) in [5.74, 6) is 0. The van der Waals surface area contributed by atoms with Crippen LogP contribution in [0.4, 0.5) is 0 Å². The lowest BCUT2D eigenvalue weighted by Gasteiger charge is -2.55. The van der Waals surface area contributed by atoms with E-state index in [-0.39, 0.29) is 5.41 Å². The van der Waals surface area contributed by atoms with E-state index in [2.05, 4.69) is 13.8 Å². The van der Waals surface area contributed by atoms with Gasteiger partial charge in [-0.1, -0.05) is 20.3 Å². The van der Waals surface area contributed by atoms with Crippen molar-refractivity contribution in [1.29, 1.82) is 0 Å². The molecule has 16 heavy (non-hydrogen) atoms. The SMILES string of the molecule is COC1(OC)C(C)(C)CCC[Si]1(OC)OC. The number of hydrogen-bond acceptors (Lipinski definition) is 4. The average Bonchev–Trinajstić information content (AvgIpc) is 2.28. The summed E-state index contributed by atoms with van der Waals surface area (Å²) in [5, 5.41) is 0. The normalized spacial score (nSPS) is 26.6. The Kier molecular flexibility index (Phi) is 4.18. The third-order valence-electron chi connectivity index (χ3n) is 3.93. The Bertz CT molecular complexity index is 234. The second kappa shape index (κ2) is 4.74. The Morgan fingerprint density at radius 2 is 1.44 bits per heavy atom. The van der Waals surface area contributed by atoms with Crippen LogP contribution >= 0.6 is 0 Å². The van der Waals surface area contributed by atoms with Crippen molar-refractivity contribution in [2.75, 3.05) is 28.4 Å². The van der Waals surface area contributed by atoms with Crippen molar-refractivity contribution >= 4 is 8.56 Å². The highest BCUT2D eigenvalue weighted by Gasteiger charge is 2.68. The van der Waals surface area contributed by atoms with Crippen LogP contribution in [0.15, 0.2) is 0 Å². The van der Waals surface area contributed by atoms with Crippen LogP contribution in [0.5, 0.6) is 0 Å². The maximum atomic E-state index is 5.73. The van der Waals surface area contributed by atoms with Crippen molar-refractivity contribution in [3.05, 3.63) is 0 Å². The summed E-state index contributed by atoms with van der Waals surface area (Å²) in [7, 11) is 4.26. The van der Waals surface area contributed by atoms with E-state index in [4.69, 9.17) is 18.3 Å². The largest absolute Gasteiger partial charge is 0.399 e. The van der Waals surface area contributed by atoms with Crippen LogP contribution in [0.25, 0.3) is 0 Å². The lowest BCUT2D eigenvalue weighted by atomic mass is 9.86. The first-order chi connectivity index (χ1) is 7.45. The predicted molar refractivity (Wildman–Crippen MR) is 64.3 cm³/mol. The molecule has 0 spiro atoms. The topological polar surface area (TPSA) is 36.9 Å². The number of rotatable bonds is 4. The van der Waals surface area contributed by atoms with Gasteiger partial charge in [0.1, 0.15) is 0 Å². The summed E-state index contributed by atoms with van der Waals surface area (Å²) in [6, 6.07) is 0.908. The maximum absolute atomic E-state index is 5.73. The smallest absolute Gasteiger partial charge is 0.395 e. The van der Waals surface area contributed by atoms with Gasteiger partial charge in [-0.3, -0.25) is 0 Å². The van der Waals surface area contributed by atoms with E-state index in [1.807, 2.05) is 0 Å². The summed E-state index contributed by atoms with van der Waals surface area (Å²) in [5.41, 5.74) is -0.839. The molecule has 0 aromatic heterocycles. The summed E-state index contributed by atoms with van der Waals surface area (Å²) < 4.78 is 22.9. The van der Waals surface area contributed by atoms with Crippen LogP contribution in [-0.4, -0.2) is 42.4 Å². The fraction of sp³-hybridized carbons (Fsp3) is 1.00. The molecule has 0 N–H and O–H groups in total. The first-order valence-electron chi connectivity index (χ1n) is 5.66. The second-order valence-electron chi connectivity index (χ2n) is 4.92. The highest BCUT2D eigenvalue weighted by molar-refractivity contribution is 6.70. The quantitative estimate of drug-likeness (QED) is 0.564. The van der Waals surface area contributed by atoms with E-state index in [1.165, 1.54) is 0 Å². The molecule has 0 aromatic carbocycles. The van der Waals surface area contributed by atoms with E-state index in [0.29, 0.717) is 0 Å². The van der Waals surface area contributed by atoms with Crippen LogP contribution in [0.3, 0.4) is 0 Å². The van der Waals surface area contributed by atoms with Crippen molar-refractivity contribution in [3.8, 4) is 0 Å². The average molecular weight is 248 g/mol. The zero-order valence-electron chi connectivity index (χ0n) is 11.3. The molecule has 0 unspecified atom stereocenters. The lowest BCUT2D eigenvalue weighted by Crippen LogP contribution is -2.72. The number of methoxy groups -OCH3 is 2. The van der Waals surface area contributed by atoms with E-state index in [1.54, 1.807) is 28.4 Å². The second-order valence-corrected chi connectivity index (χ2v) is 8.40. The molecular weight excluding hydrogens is 224 g/mol. The molecule has 4 nitrogen and oxygen atoms in total. The first kappa shape index (κ1) is 14.1. The van der Waals surface area contributed by atoms with E-state index >= 15 is 0 Å². The molecule has 0 radical (unpaired) electrons. The molecule has 0 aromatic rings. The van der Waals surface area contributed by atoms with Crippen LogP contribution in [0.2, 0.25) is 6.04 Å². The summed E-state index contributed by atoms with van der Waals surface area (Å²) in [6.07, 6.45) is 2.14. The minimum atomic E-state index is -2.49. The van der Waals surface area contributed by atoms with Crippen LogP contribution in [0, 0.1) is 5.41 Å². The van der Waals surface area contributed by atoms with Gasteiger partial charge in [0.2, 0.25) is 5.41 Å². The molecule has 0 amide bonds. The van der Waals surface area contributed by atoms with Gasteiger partial charge in [0.25, 0.3) is 0 Å². The minimum Gasteiger partial charge on any atom is -0.395 e. The Morgan fingerprint density at radius 1 is 0.938 bits per heavy atom. The van der Waals surface area contributed by atoms with Crippen LogP contribution in [0.1, 0.15) is 26.7 Å². The van der Waals surface area contributed by atoms with Gasteiger partial charge in [0, 0.05) is 33.9 Å². The van der Waals surface area contributed by atoms with Gasteiger partial charge in [0.15, 0.2) is 0 Å². The summed E-state index contributed by atoms with van der Waals surface area (Å²) in [4.78, 5) is 0. The molecule has 1 aliphatic rings. The van der Waals surface area contributed by atoms with Crippen molar-refractivity contribution in [1.82, 2.24) is 0 Å². The molecule has 1 heterocycles. The van der Waals surface area contributed by atoms with Crippen molar-refractivity contribution < 1.29 is 18.3 Å². The van der Waals surface area contributed by atoms with Gasteiger partial charge in [-0.2, -0.15) is 0 Å². The maximum Gasteiger partial charge on any atom is 0.399 e. The van der Waals surface area contributed by atoms with Crippen molar-refractivity contribution in [2.24, 2.45) is 5.41 Å². The Balaban J connectivity index is 3.25. The van der Waals surface area contributed by atoms with Gasteiger partial charge in [-0.15, -0.1) is 0 Å². The highest BCUT2D eigenvalue weighted by Crippen LogP contribution is 2.51. The highest BCUT2D eigenvalue weighted by atomic mass is 28.4. The molecule has 96 valence electrons. The van der Waals surface area contributed by atoms with Gasteiger partial charge >= 0.3 is 8.56 Å². The standard InChI is InChI=1S/C11H24O4Si/c1-10(2)8-7-9-16(14-5,15-6)11(10,12-3)13-4/h7-9H2,1-6H3. The lowest BCUT2D eigenvalue weighted by molar-refractivity contribution is -0.241. The van der Waals surface area contributed by atoms with Gasteiger partial charge in [0.05, 0.1) is 0 Å². The predicted octanol–water partition coefficient (Wildman–Crippen LogP) is 2.07. The minimum absolute atomic E-state index is 0.104. The van der Waals surface area contributed by atoms with Crippen molar-refractivity contribution in [3.63, 3.8) is 0 Å². The van der Waals surface area contributed by atoms with Crippen LogP contribution < -0.4 is 0 Å². The zero-order valence-corrected chi connectivity index (χ0v) is 12.3. The fourth-order valence-electron chi connectivity index (χ4n) is 3.11. The molecular formula is C11H24O4Si. The van der Waals surface area contributed by atoms with E-state index in [9.17, 15) is 0 Å². The van der Waals surface area contributed by atoms with Gasteiger partial charge in [-0.05, 0) is 12.5 Å². The zero-order chi connectivity index (χ0) is 12.4. The molecule has 1 rings (SSSR count). The summed E-state index contributed by atoms with van der Waals surface area (Å²) in [6.45, 7) is 4.30. The molecule has 5 heteroatoms. The monoisotopic (exact) mass is 248 g/mol. The molecule has 0 atom stereocenters. The van der Waals surface area contributed by atoms with E-state index in [0.717, 1.165) is 18.9 Å². The first-order valence-corrected chi connectivity index (χ1v) is 7.68.